The molecule has 0 aromatic heterocycles. The van der Waals surface area contributed by atoms with Crippen molar-refractivity contribution in [1.29, 1.82) is 0 Å². The first-order chi connectivity index (χ1) is 9.70. The van der Waals surface area contributed by atoms with Crippen LogP contribution in [0.1, 0.15) is 24.8 Å². The Morgan fingerprint density at radius 2 is 2.10 bits per heavy atom. The molecule has 1 saturated heterocycles. The molecule has 1 fully saturated rings. The van der Waals surface area contributed by atoms with Crippen molar-refractivity contribution in [3.8, 4) is 0 Å². The minimum absolute atomic E-state index is 0.0207. The Kier molecular flexibility index (Phi) is 6.20. The molecule has 2 rings (SSSR count). The molecule has 0 aliphatic carbocycles. The lowest BCUT2D eigenvalue weighted by Crippen LogP contribution is -2.46. The summed E-state index contributed by atoms with van der Waals surface area (Å²) in [7, 11) is 0. The van der Waals surface area contributed by atoms with Crippen LogP contribution in [0, 0.1) is 0 Å². The first-order valence-electron chi connectivity index (χ1n) is 6.93. The van der Waals surface area contributed by atoms with Gasteiger partial charge in [0, 0.05) is 17.3 Å². The van der Waals surface area contributed by atoms with E-state index >= 15 is 0 Å². The number of amides is 1. The maximum atomic E-state index is 12.2. The highest BCUT2D eigenvalue weighted by Gasteiger charge is 2.25. The van der Waals surface area contributed by atoms with E-state index in [4.69, 9.17) is 11.6 Å². The van der Waals surface area contributed by atoms with E-state index in [2.05, 4.69) is 0 Å². The predicted octanol–water partition coefficient (Wildman–Crippen LogP) is 2.95. The molecular formula is C15H20ClNO2S. The van der Waals surface area contributed by atoms with Crippen LogP contribution < -0.4 is 0 Å². The van der Waals surface area contributed by atoms with E-state index in [-0.39, 0.29) is 18.6 Å². The van der Waals surface area contributed by atoms with Gasteiger partial charge in [-0.2, -0.15) is 0 Å². The van der Waals surface area contributed by atoms with Gasteiger partial charge in [0.25, 0.3) is 0 Å². The molecule has 1 heterocycles. The van der Waals surface area contributed by atoms with Gasteiger partial charge in [0.2, 0.25) is 5.91 Å². The summed E-state index contributed by atoms with van der Waals surface area (Å²) in [5.41, 5.74) is 1.17. The Hall–Kier alpha value is -0.710. The van der Waals surface area contributed by atoms with E-state index in [9.17, 15) is 9.90 Å². The summed E-state index contributed by atoms with van der Waals surface area (Å²) in [6.07, 6.45) is 3.07. The van der Waals surface area contributed by atoms with Crippen LogP contribution in [-0.2, 0) is 10.5 Å². The van der Waals surface area contributed by atoms with Crippen LogP contribution in [-0.4, -0.2) is 40.9 Å². The molecular weight excluding hydrogens is 294 g/mol. The standard InChI is InChI=1S/C15H20ClNO2S/c16-13-6-4-12(5-7-13)10-20-11-15(19)17-8-2-1-3-14(17)9-18/h4-7,14,18H,1-3,8-11H2. The maximum Gasteiger partial charge on any atom is 0.232 e. The molecule has 1 aliphatic heterocycles. The Labute approximate surface area is 129 Å². The number of thioether (sulfide) groups is 1. The quantitative estimate of drug-likeness (QED) is 0.908. The van der Waals surface area contributed by atoms with Gasteiger partial charge in [-0.25, -0.2) is 0 Å². The van der Waals surface area contributed by atoms with Gasteiger partial charge in [0.1, 0.15) is 0 Å². The van der Waals surface area contributed by atoms with E-state index in [0.717, 1.165) is 36.6 Å². The number of likely N-dealkylation sites (tertiary alicyclic amines) is 1. The van der Waals surface area contributed by atoms with Gasteiger partial charge in [-0.1, -0.05) is 23.7 Å². The van der Waals surface area contributed by atoms with Crippen molar-refractivity contribution in [3.05, 3.63) is 34.9 Å². The molecule has 1 aromatic carbocycles. The zero-order chi connectivity index (χ0) is 14.4. The number of aliphatic hydroxyl groups is 1. The number of carbonyl (C=O) groups is 1. The molecule has 1 atom stereocenters. The molecule has 5 heteroatoms. The molecule has 1 amide bonds. The van der Waals surface area contributed by atoms with Gasteiger partial charge in [-0.3, -0.25) is 4.79 Å². The molecule has 1 aromatic rings. The van der Waals surface area contributed by atoms with Crippen molar-refractivity contribution in [2.45, 2.75) is 31.1 Å². The molecule has 0 radical (unpaired) electrons. The number of piperidine rings is 1. The smallest absolute Gasteiger partial charge is 0.232 e. The molecule has 0 saturated carbocycles. The number of halogens is 1. The van der Waals surface area contributed by atoms with E-state index in [1.807, 2.05) is 29.2 Å². The van der Waals surface area contributed by atoms with Gasteiger partial charge < -0.3 is 10.0 Å². The third kappa shape index (κ3) is 4.40. The maximum absolute atomic E-state index is 12.2. The van der Waals surface area contributed by atoms with Gasteiger partial charge in [0.15, 0.2) is 0 Å². The number of nitrogens with zero attached hydrogens (tertiary/aromatic N) is 1. The second-order valence-corrected chi connectivity index (χ2v) is 6.46. The monoisotopic (exact) mass is 313 g/mol. The molecule has 0 bridgehead atoms. The lowest BCUT2D eigenvalue weighted by atomic mass is 10.0. The number of aliphatic hydroxyl groups excluding tert-OH is 1. The van der Waals surface area contributed by atoms with Gasteiger partial charge in [0.05, 0.1) is 18.4 Å². The van der Waals surface area contributed by atoms with Crippen molar-refractivity contribution < 1.29 is 9.90 Å². The second kappa shape index (κ2) is 7.91. The fourth-order valence-corrected chi connectivity index (χ4v) is 3.44. The highest BCUT2D eigenvalue weighted by molar-refractivity contribution is 7.99. The summed E-state index contributed by atoms with van der Waals surface area (Å²) < 4.78 is 0. The summed E-state index contributed by atoms with van der Waals surface area (Å²) in [6.45, 7) is 0.860. The zero-order valence-electron chi connectivity index (χ0n) is 11.4. The molecule has 1 unspecified atom stereocenters. The van der Waals surface area contributed by atoms with Gasteiger partial charge in [-0.05, 0) is 37.0 Å². The minimum atomic E-state index is 0.0207. The lowest BCUT2D eigenvalue weighted by Gasteiger charge is -2.34. The largest absolute Gasteiger partial charge is 0.394 e. The van der Waals surface area contributed by atoms with Crippen molar-refractivity contribution in [3.63, 3.8) is 0 Å². The average Bonchev–Trinajstić information content (AvgIpc) is 2.49. The van der Waals surface area contributed by atoms with Crippen molar-refractivity contribution in [2.75, 3.05) is 18.9 Å². The number of hydrogen-bond donors (Lipinski definition) is 1. The summed E-state index contributed by atoms with van der Waals surface area (Å²) in [6, 6.07) is 7.72. The number of hydrogen-bond acceptors (Lipinski definition) is 3. The Morgan fingerprint density at radius 1 is 1.35 bits per heavy atom. The van der Waals surface area contributed by atoms with E-state index < -0.39 is 0 Å². The van der Waals surface area contributed by atoms with E-state index in [1.165, 1.54) is 5.56 Å². The Balaban J connectivity index is 1.78. The van der Waals surface area contributed by atoms with Crippen LogP contribution in [0.2, 0.25) is 5.02 Å². The first kappa shape index (κ1) is 15.7. The molecule has 3 nitrogen and oxygen atoms in total. The number of rotatable bonds is 5. The van der Waals surface area contributed by atoms with Crippen LogP contribution in [0.15, 0.2) is 24.3 Å². The van der Waals surface area contributed by atoms with Crippen LogP contribution in [0.3, 0.4) is 0 Å². The minimum Gasteiger partial charge on any atom is -0.394 e. The van der Waals surface area contributed by atoms with E-state index in [0.29, 0.717) is 5.75 Å². The molecule has 1 aliphatic rings. The first-order valence-corrected chi connectivity index (χ1v) is 8.46. The van der Waals surface area contributed by atoms with Crippen molar-refractivity contribution >= 4 is 29.3 Å². The lowest BCUT2D eigenvalue weighted by molar-refractivity contribution is -0.132. The second-order valence-electron chi connectivity index (χ2n) is 5.04. The highest BCUT2D eigenvalue weighted by atomic mass is 35.5. The third-order valence-corrected chi connectivity index (χ3v) is 4.81. The highest BCUT2D eigenvalue weighted by Crippen LogP contribution is 2.20. The van der Waals surface area contributed by atoms with Gasteiger partial charge >= 0.3 is 0 Å². The summed E-state index contributed by atoms with van der Waals surface area (Å²) in [5, 5.41) is 10.1. The molecule has 0 spiro atoms. The van der Waals surface area contributed by atoms with Gasteiger partial charge in [-0.15, -0.1) is 11.8 Å². The predicted molar refractivity (Wildman–Crippen MR) is 84.1 cm³/mol. The normalized spacial score (nSPS) is 19.1. The van der Waals surface area contributed by atoms with Crippen LogP contribution in [0.4, 0.5) is 0 Å². The average molecular weight is 314 g/mol. The molecule has 20 heavy (non-hydrogen) atoms. The zero-order valence-corrected chi connectivity index (χ0v) is 13.0. The molecule has 1 N–H and O–H groups in total. The number of benzene rings is 1. The summed E-state index contributed by atoms with van der Waals surface area (Å²) >= 11 is 7.45. The summed E-state index contributed by atoms with van der Waals surface area (Å²) in [5.74, 6) is 1.42. The van der Waals surface area contributed by atoms with Crippen molar-refractivity contribution in [1.82, 2.24) is 4.90 Å². The fourth-order valence-electron chi connectivity index (χ4n) is 2.44. The fraction of sp³-hybridized carbons (Fsp3) is 0.533. The van der Waals surface area contributed by atoms with Crippen LogP contribution in [0.5, 0.6) is 0 Å². The third-order valence-electron chi connectivity index (χ3n) is 3.57. The topological polar surface area (TPSA) is 40.5 Å². The molecule has 110 valence electrons. The Bertz CT molecular complexity index is 438. The summed E-state index contributed by atoms with van der Waals surface area (Å²) in [4.78, 5) is 14.0. The van der Waals surface area contributed by atoms with E-state index in [1.54, 1.807) is 11.8 Å². The SMILES string of the molecule is O=C(CSCc1ccc(Cl)cc1)N1CCCCC1CO. The van der Waals surface area contributed by atoms with Crippen LogP contribution >= 0.6 is 23.4 Å². The van der Waals surface area contributed by atoms with Crippen molar-refractivity contribution in [2.24, 2.45) is 0 Å². The van der Waals surface area contributed by atoms with Crippen LogP contribution in [0.25, 0.3) is 0 Å². The number of carbonyl (C=O) groups excluding carboxylic acids is 1. The Morgan fingerprint density at radius 3 is 2.80 bits per heavy atom.